The molecule has 26 heavy (non-hydrogen) atoms. The summed E-state index contributed by atoms with van der Waals surface area (Å²) in [6.07, 6.45) is 2.34. The smallest absolute Gasteiger partial charge is 0.195 e. The van der Waals surface area contributed by atoms with Crippen molar-refractivity contribution in [3.8, 4) is 0 Å². The second kappa shape index (κ2) is 6.78. The maximum Gasteiger partial charge on any atom is 0.195 e. The van der Waals surface area contributed by atoms with Gasteiger partial charge in [-0.05, 0) is 25.8 Å². The third kappa shape index (κ3) is 2.89. The first-order valence-corrected chi connectivity index (χ1v) is 9.25. The van der Waals surface area contributed by atoms with Crippen LogP contribution >= 0.6 is 0 Å². The first-order chi connectivity index (χ1) is 12.6. The average molecular weight is 349 g/mol. The summed E-state index contributed by atoms with van der Waals surface area (Å²) in [7, 11) is 0. The first kappa shape index (κ1) is 17.1. The minimum absolute atomic E-state index is 0.150. The van der Waals surface area contributed by atoms with Crippen LogP contribution in [0, 0.1) is 5.92 Å². The highest BCUT2D eigenvalue weighted by Gasteiger charge is 2.54. The van der Waals surface area contributed by atoms with Gasteiger partial charge in [-0.2, -0.15) is 0 Å². The molecular weight excluding hydrogens is 326 g/mol. The summed E-state index contributed by atoms with van der Waals surface area (Å²) in [5.74, 6) is -1.23. The third-order valence-corrected chi connectivity index (χ3v) is 5.84. The molecule has 0 radical (unpaired) electrons. The van der Waals surface area contributed by atoms with Crippen molar-refractivity contribution in [2.45, 2.75) is 30.9 Å². The standard InChI is InChI=1S/C22H23NO3/c24-20(16-8-3-1-4-9-16)19-15-23-13-7-12-18(23)14-22(19,26)21(25)17-10-5-2-6-11-17/h1-6,8-11,18-19,26H,7,12-15H2. The van der Waals surface area contributed by atoms with Crippen molar-refractivity contribution >= 4 is 11.6 Å². The van der Waals surface area contributed by atoms with E-state index in [1.54, 1.807) is 36.4 Å². The Balaban J connectivity index is 1.73. The summed E-state index contributed by atoms with van der Waals surface area (Å²) in [6, 6.07) is 18.0. The van der Waals surface area contributed by atoms with E-state index >= 15 is 0 Å². The Labute approximate surface area is 153 Å². The molecule has 2 aromatic rings. The molecule has 2 aromatic carbocycles. The number of carbonyl (C=O) groups is 2. The van der Waals surface area contributed by atoms with Crippen molar-refractivity contribution in [2.24, 2.45) is 5.92 Å². The van der Waals surface area contributed by atoms with Gasteiger partial charge in [-0.15, -0.1) is 0 Å². The van der Waals surface area contributed by atoms with Crippen molar-refractivity contribution in [1.29, 1.82) is 0 Å². The molecule has 134 valence electrons. The molecule has 0 amide bonds. The molecule has 2 aliphatic rings. The van der Waals surface area contributed by atoms with Gasteiger partial charge in [-0.25, -0.2) is 0 Å². The molecule has 3 unspecified atom stereocenters. The van der Waals surface area contributed by atoms with Crippen molar-refractivity contribution in [2.75, 3.05) is 13.1 Å². The predicted molar refractivity (Wildman–Crippen MR) is 99.2 cm³/mol. The summed E-state index contributed by atoms with van der Waals surface area (Å²) in [6.45, 7) is 1.37. The minimum Gasteiger partial charge on any atom is -0.381 e. The highest BCUT2D eigenvalue weighted by molar-refractivity contribution is 6.08. The van der Waals surface area contributed by atoms with E-state index in [1.165, 1.54) is 0 Å². The lowest BCUT2D eigenvalue weighted by molar-refractivity contribution is -0.0490. The van der Waals surface area contributed by atoms with E-state index < -0.39 is 11.5 Å². The predicted octanol–water partition coefficient (Wildman–Crippen LogP) is 2.97. The van der Waals surface area contributed by atoms with Crippen LogP contribution in [0.5, 0.6) is 0 Å². The van der Waals surface area contributed by atoms with E-state index in [9.17, 15) is 14.7 Å². The number of rotatable bonds is 4. The molecular formula is C22H23NO3. The van der Waals surface area contributed by atoms with E-state index in [-0.39, 0.29) is 17.6 Å². The molecule has 1 N–H and O–H groups in total. The van der Waals surface area contributed by atoms with Gasteiger partial charge in [-0.1, -0.05) is 60.7 Å². The van der Waals surface area contributed by atoms with Gasteiger partial charge in [0.2, 0.25) is 0 Å². The number of hydrogen-bond donors (Lipinski definition) is 1. The van der Waals surface area contributed by atoms with Gasteiger partial charge in [0.05, 0.1) is 5.92 Å². The molecule has 0 bridgehead atoms. The van der Waals surface area contributed by atoms with Crippen LogP contribution in [-0.2, 0) is 0 Å². The van der Waals surface area contributed by atoms with E-state index in [2.05, 4.69) is 4.90 Å². The fourth-order valence-corrected chi connectivity index (χ4v) is 4.45. The Hall–Kier alpha value is -2.30. The van der Waals surface area contributed by atoms with E-state index in [0.29, 0.717) is 24.1 Å². The molecule has 4 rings (SSSR count). The SMILES string of the molecule is O=C(c1ccccc1)C1CN2CCCC2CC1(O)C(=O)c1ccccc1. The molecule has 4 heteroatoms. The van der Waals surface area contributed by atoms with Crippen molar-refractivity contribution in [3.05, 3.63) is 71.8 Å². The average Bonchev–Trinajstić information content (AvgIpc) is 3.14. The van der Waals surface area contributed by atoms with Crippen LogP contribution in [0.3, 0.4) is 0 Å². The fraction of sp³-hybridized carbons (Fsp3) is 0.364. The second-order valence-corrected chi connectivity index (χ2v) is 7.40. The van der Waals surface area contributed by atoms with Gasteiger partial charge in [0.15, 0.2) is 11.6 Å². The van der Waals surface area contributed by atoms with Crippen LogP contribution in [0.4, 0.5) is 0 Å². The number of fused-ring (bicyclic) bond motifs is 1. The molecule has 0 saturated carbocycles. The molecule has 2 saturated heterocycles. The number of piperidine rings is 1. The van der Waals surface area contributed by atoms with Crippen LogP contribution in [0.25, 0.3) is 0 Å². The quantitative estimate of drug-likeness (QED) is 0.862. The summed E-state index contributed by atoms with van der Waals surface area (Å²) in [5.41, 5.74) is -0.637. The number of ketones is 2. The molecule has 0 aliphatic carbocycles. The zero-order valence-corrected chi connectivity index (χ0v) is 14.7. The van der Waals surface area contributed by atoms with Crippen LogP contribution in [-0.4, -0.2) is 46.3 Å². The van der Waals surface area contributed by atoms with E-state index in [4.69, 9.17) is 0 Å². The van der Waals surface area contributed by atoms with Gasteiger partial charge >= 0.3 is 0 Å². The summed E-state index contributed by atoms with van der Waals surface area (Å²) >= 11 is 0. The van der Waals surface area contributed by atoms with Gasteiger partial charge in [0.1, 0.15) is 5.60 Å². The van der Waals surface area contributed by atoms with Crippen molar-refractivity contribution in [3.63, 3.8) is 0 Å². The van der Waals surface area contributed by atoms with Crippen LogP contribution in [0.2, 0.25) is 0 Å². The summed E-state index contributed by atoms with van der Waals surface area (Å²) < 4.78 is 0. The first-order valence-electron chi connectivity index (χ1n) is 9.25. The monoisotopic (exact) mass is 349 g/mol. The third-order valence-electron chi connectivity index (χ3n) is 5.84. The number of benzene rings is 2. The molecule has 0 spiro atoms. The molecule has 4 nitrogen and oxygen atoms in total. The topological polar surface area (TPSA) is 57.6 Å². The van der Waals surface area contributed by atoms with Gasteiger partial charge in [-0.3, -0.25) is 14.5 Å². The number of carbonyl (C=O) groups excluding carboxylic acids is 2. The summed E-state index contributed by atoms with van der Waals surface area (Å²) in [4.78, 5) is 28.7. The Morgan fingerprint density at radius 2 is 1.58 bits per heavy atom. The molecule has 3 atom stereocenters. The number of aliphatic hydroxyl groups is 1. The molecule has 2 heterocycles. The molecule has 2 aliphatic heterocycles. The van der Waals surface area contributed by atoms with Crippen molar-refractivity contribution in [1.82, 2.24) is 4.90 Å². The second-order valence-electron chi connectivity index (χ2n) is 7.40. The Bertz CT molecular complexity index is 805. The molecule has 0 aromatic heterocycles. The number of nitrogens with zero attached hydrogens (tertiary/aromatic N) is 1. The zero-order valence-electron chi connectivity index (χ0n) is 14.7. The van der Waals surface area contributed by atoms with Gasteiger partial charge < -0.3 is 5.11 Å². The van der Waals surface area contributed by atoms with Crippen LogP contribution in [0.1, 0.15) is 40.0 Å². The maximum atomic E-state index is 13.2. The Morgan fingerprint density at radius 1 is 0.962 bits per heavy atom. The fourth-order valence-electron chi connectivity index (χ4n) is 4.45. The van der Waals surface area contributed by atoms with E-state index in [0.717, 1.165) is 19.4 Å². The highest BCUT2D eigenvalue weighted by atomic mass is 16.3. The van der Waals surface area contributed by atoms with Crippen LogP contribution < -0.4 is 0 Å². The normalized spacial score (nSPS) is 28.5. The lowest BCUT2D eigenvalue weighted by Crippen LogP contribution is -2.60. The lowest BCUT2D eigenvalue weighted by atomic mass is 9.70. The maximum absolute atomic E-state index is 13.2. The highest BCUT2D eigenvalue weighted by Crippen LogP contribution is 2.40. The summed E-state index contributed by atoms with van der Waals surface area (Å²) in [5, 5.41) is 11.5. The number of hydrogen-bond acceptors (Lipinski definition) is 4. The van der Waals surface area contributed by atoms with Gasteiger partial charge in [0, 0.05) is 23.7 Å². The lowest BCUT2D eigenvalue weighted by Gasteiger charge is -2.45. The zero-order chi connectivity index (χ0) is 18.1. The number of Topliss-reactive ketones (excluding diaryl/α,β-unsaturated/α-hetero) is 2. The molecule has 2 fully saturated rings. The minimum atomic E-state index is -1.65. The Morgan fingerprint density at radius 3 is 2.23 bits per heavy atom. The van der Waals surface area contributed by atoms with E-state index in [1.807, 2.05) is 24.3 Å². The van der Waals surface area contributed by atoms with Crippen molar-refractivity contribution < 1.29 is 14.7 Å². The Kier molecular flexibility index (Phi) is 4.47. The largest absolute Gasteiger partial charge is 0.381 e. The van der Waals surface area contributed by atoms with Crippen LogP contribution in [0.15, 0.2) is 60.7 Å². The van der Waals surface area contributed by atoms with Gasteiger partial charge in [0.25, 0.3) is 0 Å².